The Morgan fingerprint density at radius 3 is 2.57 bits per heavy atom. The first-order valence-electron chi connectivity index (χ1n) is 6.35. The van der Waals surface area contributed by atoms with Crippen LogP contribution < -0.4 is 15.2 Å². The van der Waals surface area contributed by atoms with E-state index in [0.717, 1.165) is 5.56 Å². The zero-order valence-electron chi connectivity index (χ0n) is 11.6. The number of ether oxygens (including phenoxy) is 1. The lowest BCUT2D eigenvalue weighted by Gasteiger charge is -2.09. The molecule has 0 saturated heterocycles. The summed E-state index contributed by atoms with van der Waals surface area (Å²) >= 11 is 0. The largest absolute Gasteiger partial charge is 0.495 e. The summed E-state index contributed by atoms with van der Waals surface area (Å²) in [6, 6.07) is 8.07. The Bertz CT molecular complexity index is 703. The highest BCUT2D eigenvalue weighted by Crippen LogP contribution is 2.24. The number of methoxy groups -OCH3 is 1. The molecule has 0 aliphatic heterocycles. The molecule has 2 aromatic rings. The Morgan fingerprint density at radius 2 is 1.95 bits per heavy atom. The van der Waals surface area contributed by atoms with E-state index in [-0.39, 0.29) is 10.6 Å². The third-order valence-electron chi connectivity index (χ3n) is 2.97. The molecule has 0 spiro atoms. The third kappa shape index (κ3) is 3.93. The van der Waals surface area contributed by atoms with Crippen molar-refractivity contribution in [2.24, 2.45) is 0 Å². The van der Waals surface area contributed by atoms with Gasteiger partial charge in [-0.2, -0.15) is 0 Å². The van der Waals surface area contributed by atoms with E-state index in [1.807, 2.05) is 12.1 Å². The van der Waals surface area contributed by atoms with Crippen LogP contribution in [0.15, 0.2) is 47.6 Å². The molecule has 1 aromatic carbocycles. The number of nitrogens with zero attached hydrogens (tertiary/aromatic N) is 1. The van der Waals surface area contributed by atoms with Crippen LogP contribution in [0.1, 0.15) is 5.56 Å². The van der Waals surface area contributed by atoms with Crippen LogP contribution in [-0.4, -0.2) is 27.1 Å². The second-order valence-corrected chi connectivity index (χ2v) is 6.17. The summed E-state index contributed by atoms with van der Waals surface area (Å²) in [7, 11) is -2.10. The van der Waals surface area contributed by atoms with Gasteiger partial charge in [0.1, 0.15) is 5.75 Å². The number of sulfonamides is 1. The lowest BCUT2D eigenvalue weighted by molar-refractivity contribution is 0.416. The molecule has 0 unspecified atom stereocenters. The van der Waals surface area contributed by atoms with Gasteiger partial charge in [0.2, 0.25) is 10.0 Å². The maximum absolute atomic E-state index is 12.2. The summed E-state index contributed by atoms with van der Waals surface area (Å²) in [5.41, 5.74) is 7.03. The van der Waals surface area contributed by atoms with Crippen LogP contribution in [0.4, 0.5) is 5.69 Å². The topological polar surface area (TPSA) is 94.3 Å². The van der Waals surface area contributed by atoms with E-state index >= 15 is 0 Å². The maximum atomic E-state index is 12.2. The van der Waals surface area contributed by atoms with Gasteiger partial charge in [-0.15, -0.1) is 0 Å². The van der Waals surface area contributed by atoms with Crippen molar-refractivity contribution >= 4 is 15.7 Å². The average Bonchev–Trinajstić information content (AvgIpc) is 2.48. The Balaban J connectivity index is 2.03. The van der Waals surface area contributed by atoms with Gasteiger partial charge in [0.15, 0.2) is 0 Å². The highest BCUT2D eigenvalue weighted by atomic mass is 32.2. The second-order valence-electron chi connectivity index (χ2n) is 4.41. The standard InChI is InChI=1S/C14H17N3O3S/c1-20-14-3-2-12(10-13(14)15)21(18,19)17-9-6-11-4-7-16-8-5-11/h2-5,7-8,10,17H,6,9,15H2,1H3. The summed E-state index contributed by atoms with van der Waals surface area (Å²) in [5.74, 6) is 0.450. The summed E-state index contributed by atoms with van der Waals surface area (Å²) in [6.45, 7) is 0.304. The van der Waals surface area contributed by atoms with Gasteiger partial charge in [-0.3, -0.25) is 4.98 Å². The molecule has 0 bridgehead atoms. The van der Waals surface area contributed by atoms with E-state index in [4.69, 9.17) is 10.5 Å². The molecule has 21 heavy (non-hydrogen) atoms. The lowest BCUT2D eigenvalue weighted by Crippen LogP contribution is -2.26. The first kappa shape index (κ1) is 15.3. The van der Waals surface area contributed by atoms with Crippen LogP contribution in [-0.2, 0) is 16.4 Å². The quantitative estimate of drug-likeness (QED) is 0.782. The summed E-state index contributed by atoms with van der Waals surface area (Å²) in [6.07, 6.45) is 3.94. The van der Waals surface area contributed by atoms with Crippen LogP contribution in [0.2, 0.25) is 0 Å². The predicted molar refractivity (Wildman–Crippen MR) is 80.5 cm³/mol. The smallest absolute Gasteiger partial charge is 0.240 e. The second kappa shape index (κ2) is 6.55. The predicted octanol–water partition coefficient (Wildman–Crippen LogP) is 1.19. The monoisotopic (exact) mass is 307 g/mol. The minimum Gasteiger partial charge on any atom is -0.495 e. The molecule has 1 heterocycles. The average molecular weight is 307 g/mol. The number of hydrogen-bond donors (Lipinski definition) is 2. The van der Waals surface area contributed by atoms with Gasteiger partial charge in [0, 0.05) is 18.9 Å². The molecule has 0 radical (unpaired) electrons. The number of nitrogen functional groups attached to an aromatic ring is 1. The fourth-order valence-corrected chi connectivity index (χ4v) is 2.91. The molecule has 3 N–H and O–H groups in total. The maximum Gasteiger partial charge on any atom is 0.240 e. The summed E-state index contributed by atoms with van der Waals surface area (Å²) in [5, 5.41) is 0. The highest BCUT2D eigenvalue weighted by molar-refractivity contribution is 7.89. The summed E-state index contributed by atoms with van der Waals surface area (Å²) < 4.78 is 31.9. The molecule has 112 valence electrons. The van der Waals surface area contributed by atoms with E-state index < -0.39 is 10.0 Å². The third-order valence-corrected chi connectivity index (χ3v) is 4.43. The number of hydrogen-bond acceptors (Lipinski definition) is 5. The summed E-state index contributed by atoms with van der Waals surface area (Å²) in [4.78, 5) is 4.03. The molecule has 0 aliphatic rings. The molecule has 0 amide bonds. The van der Waals surface area contributed by atoms with E-state index in [9.17, 15) is 8.42 Å². The minimum atomic E-state index is -3.58. The van der Waals surface area contributed by atoms with E-state index in [2.05, 4.69) is 9.71 Å². The Morgan fingerprint density at radius 1 is 1.24 bits per heavy atom. The Kier molecular flexibility index (Phi) is 4.77. The zero-order valence-corrected chi connectivity index (χ0v) is 12.4. The van der Waals surface area contributed by atoms with E-state index in [1.54, 1.807) is 12.4 Å². The highest BCUT2D eigenvalue weighted by Gasteiger charge is 2.15. The van der Waals surface area contributed by atoms with Crippen LogP contribution in [0.5, 0.6) is 5.75 Å². The normalized spacial score (nSPS) is 11.3. The number of nitrogens with one attached hydrogen (secondary N) is 1. The van der Waals surface area contributed by atoms with Crippen molar-refractivity contribution in [2.45, 2.75) is 11.3 Å². The van der Waals surface area contributed by atoms with Gasteiger partial charge < -0.3 is 10.5 Å². The van der Waals surface area contributed by atoms with Gasteiger partial charge in [0.05, 0.1) is 17.7 Å². The number of benzene rings is 1. The van der Waals surface area contributed by atoms with Gasteiger partial charge in [-0.1, -0.05) is 0 Å². The van der Waals surface area contributed by atoms with Crippen LogP contribution in [0.3, 0.4) is 0 Å². The molecule has 0 fully saturated rings. The number of rotatable bonds is 6. The Labute approximate surface area is 124 Å². The first-order valence-corrected chi connectivity index (χ1v) is 7.83. The molecule has 0 atom stereocenters. The number of pyridine rings is 1. The van der Waals surface area contributed by atoms with Gasteiger partial charge in [-0.05, 0) is 42.3 Å². The zero-order chi connectivity index (χ0) is 15.3. The first-order chi connectivity index (χ1) is 10.0. The minimum absolute atomic E-state index is 0.121. The fourth-order valence-electron chi connectivity index (χ4n) is 1.84. The number of aromatic nitrogens is 1. The molecule has 0 aliphatic carbocycles. The van der Waals surface area contributed by atoms with Gasteiger partial charge in [0.25, 0.3) is 0 Å². The molecular weight excluding hydrogens is 290 g/mol. The van der Waals surface area contributed by atoms with Crippen LogP contribution >= 0.6 is 0 Å². The molecule has 0 saturated carbocycles. The fraction of sp³-hybridized carbons (Fsp3) is 0.214. The van der Waals surface area contributed by atoms with Crippen molar-refractivity contribution in [3.63, 3.8) is 0 Å². The van der Waals surface area contributed by atoms with Crippen LogP contribution in [0, 0.1) is 0 Å². The lowest BCUT2D eigenvalue weighted by atomic mass is 10.2. The van der Waals surface area contributed by atoms with Crippen molar-refractivity contribution in [1.82, 2.24) is 9.71 Å². The van der Waals surface area contributed by atoms with Crippen LogP contribution in [0.25, 0.3) is 0 Å². The molecule has 6 nitrogen and oxygen atoms in total. The Hall–Kier alpha value is -2.12. The SMILES string of the molecule is COc1ccc(S(=O)(=O)NCCc2ccncc2)cc1N. The van der Waals surface area contributed by atoms with Crippen molar-refractivity contribution < 1.29 is 13.2 Å². The van der Waals surface area contributed by atoms with Crippen molar-refractivity contribution in [3.8, 4) is 5.75 Å². The number of nitrogens with two attached hydrogens (primary N) is 1. The molecule has 2 rings (SSSR count). The van der Waals surface area contributed by atoms with Gasteiger partial charge >= 0.3 is 0 Å². The van der Waals surface area contributed by atoms with Crippen molar-refractivity contribution in [1.29, 1.82) is 0 Å². The van der Waals surface area contributed by atoms with E-state index in [0.29, 0.717) is 18.7 Å². The molecular formula is C14H17N3O3S. The van der Waals surface area contributed by atoms with Crippen molar-refractivity contribution in [3.05, 3.63) is 48.3 Å². The molecule has 1 aromatic heterocycles. The van der Waals surface area contributed by atoms with E-state index in [1.165, 1.54) is 25.3 Å². The molecule has 7 heteroatoms. The van der Waals surface area contributed by atoms with Crippen molar-refractivity contribution in [2.75, 3.05) is 19.4 Å². The number of anilines is 1. The van der Waals surface area contributed by atoms with Gasteiger partial charge in [-0.25, -0.2) is 13.1 Å².